The summed E-state index contributed by atoms with van der Waals surface area (Å²) in [5.41, 5.74) is 5.97. The number of nitrogens with zero attached hydrogens (tertiary/aromatic N) is 1. The molecule has 0 spiro atoms. The minimum absolute atomic E-state index is 0.258. The highest BCUT2D eigenvalue weighted by Gasteiger charge is 2.54. The van der Waals surface area contributed by atoms with E-state index in [1.54, 1.807) is 6.08 Å². The molecule has 3 nitrogen and oxygen atoms in total. The van der Waals surface area contributed by atoms with Gasteiger partial charge in [-0.3, -0.25) is 9.59 Å². The molecular weight excluding hydrogens is 430 g/mol. The number of hydrogen-bond donors (Lipinski definition) is 0. The van der Waals surface area contributed by atoms with E-state index in [9.17, 15) is 9.59 Å². The Kier molecular flexibility index (Phi) is 4.85. The lowest BCUT2D eigenvalue weighted by Crippen LogP contribution is -2.55. The third kappa shape index (κ3) is 3.12. The average Bonchev–Trinajstić information content (AvgIpc) is 2.90. The maximum atomic E-state index is 14.6. The van der Waals surface area contributed by atoms with Gasteiger partial charge in [0, 0.05) is 6.08 Å². The fraction of sp³-hybridized carbons (Fsp3) is 0.0625. The molecule has 35 heavy (non-hydrogen) atoms. The van der Waals surface area contributed by atoms with Crippen LogP contribution >= 0.6 is 0 Å². The first-order valence-corrected chi connectivity index (χ1v) is 11.7. The third-order valence-electron chi connectivity index (χ3n) is 6.96. The van der Waals surface area contributed by atoms with Crippen LogP contribution in [0, 0.1) is 6.92 Å². The van der Waals surface area contributed by atoms with E-state index in [2.05, 4.69) is 18.2 Å². The number of rotatable bonds is 3. The van der Waals surface area contributed by atoms with Crippen LogP contribution in [-0.2, 0) is 15.0 Å². The van der Waals surface area contributed by atoms with Crippen molar-refractivity contribution in [1.29, 1.82) is 0 Å². The third-order valence-corrected chi connectivity index (χ3v) is 6.96. The highest BCUT2D eigenvalue weighted by atomic mass is 16.2. The number of imide groups is 1. The normalized spacial score (nSPS) is 18.9. The molecule has 1 heterocycles. The Morgan fingerprint density at radius 2 is 1.29 bits per heavy atom. The fourth-order valence-electron chi connectivity index (χ4n) is 5.32. The monoisotopic (exact) mass is 453 g/mol. The van der Waals surface area contributed by atoms with E-state index < -0.39 is 5.41 Å². The summed E-state index contributed by atoms with van der Waals surface area (Å²) in [7, 11) is 0. The minimum Gasteiger partial charge on any atom is -0.272 e. The van der Waals surface area contributed by atoms with Crippen LogP contribution in [0.3, 0.4) is 0 Å². The van der Waals surface area contributed by atoms with Gasteiger partial charge in [-0.25, -0.2) is 4.90 Å². The largest absolute Gasteiger partial charge is 0.272 e. The van der Waals surface area contributed by atoms with Gasteiger partial charge in [-0.15, -0.1) is 0 Å². The molecule has 6 rings (SSSR count). The number of aryl methyl sites for hydroxylation is 1. The predicted octanol–water partition coefficient (Wildman–Crippen LogP) is 6.23. The SMILES string of the molecule is Cc1ccc(N2C(=O)C=C3C=C(c4ccccc4)c4ccccc4C3(c3ccccc3)C2=O)cc1. The number of hydrogen-bond acceptors (Lipinski definition) is 2. The zero-order valence-corrected chi connectivity index (χ0v) is 19.3. The fourth-order valence-corrected chi connectivity index (χ4v) is 5.32. The van der Waals surface area contributed by atoms with Crippen molar-refractivity contribution in [3.05, 3.63) is 155 Å². The van der Waals surface area contributed by atoms with Gasteiger partial charge in [-0.1, -0.05) is 103 Å². The number of fused-ring (bicyclic) bond motifs is 3. The van der Waals surface area contributed by atoms with Gasteiger partial charge in [0.05, 0.1) is 5.69 Å². The highest BCUT2D eigenvalue weighted by Crippen LogP contribution is 2.51. The Hall–Kier alpha value is -4.50. The van der Waals surface area contributed by atoms with Crippen molar-refractivity contribution in [2.45, 2.75) is 12.3 Å². The Bertz CT molecular complexity index is 1520. The number of carbonyl (C=O) groups excluding carboxylic acids is 2. The standard InChI is InChI=1S/C32H23NO2/c1-22-16-18-26(19-17-22)33-30(34)21-25-20-28(23-10-4-2-5-11-23)27-14-8-9-15-29(27)32(25,31(33)35)24-12-6-3-7-13-24/h2-21H,1H3. The molecule has 1 unspecified atom stereocenters. The summed E-state index contributed by atoms with van der Waals surface area (Å²) in [4.78, 5) is 29.4. The van der Waals surface area contributed by atoms with Crippen LogP contribution < -0.4 is 4.90 Å². The molecule has 0 radical (unpaired) electrons. The van der Waals surface area contributed by atoms with Crippen molar-refractivity contribution in [2.75, 3.05) is 4.90 Å². The predicted molar refractivity (Wildman–Crippen MR) is 139 cm³/mol. The summed E-state index contributed by atoms with van der Waals surface area (Å²) in [6, 6.07) is 35.5. The van der Waals surface area contributed by atoms with Crippen molar-refractivity contribution < 1.29 is 9.59 Å². The number of benzene rings is 4. The molecule has 0 aromatic heterocycles. The Morgan fingerprint density at radius 1 is 0.657 bits per heavy atom. The maximum Gasteiger partial charge on any atom is 0.258 e. The summed E-state index contributed by atoms with van der Waals surface area (Å²) in [5, 5.41) is 0. The molecule has 4 aromatic rings. The van der Waals surface area contributed by atoms with Crippen molar-refractivity contribution in [3.63, 3.8) is 0 Å². The lowest BCUT2D eigenvalue weighted by atomic mass is 9.61. The van der Waals surface area contributed by atoms with Crippen molar-refractivity contribution in [2.24, 2.45) is 0 Å². The van der Waals surface area contributed by atoms with Crippen LogP contribution in [0.5, 0.6) is 0 Å². The van der Waals surface area contributed by atoms with Crippen LogP contribution in [0.2, 0.25) is 0 Å². The summed E-state index contributed by atoms with van der Waals surface area (Å²) >= 11 is 0. The number of anilines is 1. The highest BCUT2D eigenvalue weighted by molar-refractivity contribution is 6.27. The van der Waals surface area contributed by atoms with Gasteiger partial charge in [0.25, 0.3) is 11.8 Å². The molecular formula is C32H23NO2. The number of allylic oxidation sites excluding steroid dienone is 1. The molecule has 2 aliphatic rings. The molecule has 0 fully saturated rings. The Balaban J connectivity index is 1.68. The zero-order chi connectivity index (χ0) is 24.0. The topological polar surface area (TPSA) is 37.4 Å². The molecule has 4 aromatic carbocycles. The van der Waals surface area contributed by atoms with E-state index in [0.717, 1.165) is 33.4 Å². The molecule has 0 saturated heterocycles. The van der Waals surface area contributed by atoms with Crippen LogP contribution in [0.15, 0.2) is 127 Å². The summed E-state index contributed by atoms with van der Waals surface area (Å²) in [6.45, 7) is 1.99. The molecule has 0 N–H and O–H groups in total. The first kappa shape index (κ1) is 21.1. The van der Waals surface area contributed by atoms with Crippen LogP contribution in [0.1, 0.15) is 27.8 Å². The Labute approximate surface area is 204 Å². The van der Waals surface area contributed by atoms with Crippen molar-refractivity contribution in [1.82, 2.24) is 0 Å². The number of carbonyl (C=O) groups is 2. The van der Waals surface area contributed by atoms with Gasteiger partial charge in [0.1, 0.15) is 5.41 Å². The molecule has 1 atom stereocenters. The van der Waals surface area contributed by atoms with Crippen LogP contribution in [-0.4, -0.2) is 11.8 Å². The van der Waals surface area contributed by atoms with E-state index in [-0.39, 0.29) is 11.8 Å². The molecule has 168 valence electrons. The second-order valence-electron chi connectivity index (χ2n) is 9.00. The van der Waals surface area contributed by atoms with E-state index in [1.165, 1.54) is 4.90 Å². The Morgan fingerprint density at radius 3 is 2.00 bits per heavy atom. The van der Waals surface area contributed by atoms with Gasteiger partial charge in [-0.2, -0.15) is 0 Å². The van der Waals surface area contributed by atoms with E-state index >= 15 is 0 Å². The first-order chi connectivity index (χ1) is 17.1. The van der Waals surface area contributed by atoms with Gasteiger partial charge < -0.3 is 0 Å². The lowest BCUT2D eigenvalue weighted by molar-refractivity contribution is -0.127. The lowest BCUT2D eigenvalue weighted by Gasteiger charge is -2.44. The van der Waals surface area contributed by atoms with Crippen LogP contribution in [0.25, 0.3) is 5.57 Å². The summed E-state index contributed by atoms with van der Waals surface area (Å²) in [6.07, 6.45) is 3.65. The van der Waals surface area contributed by atoms with Gasteiger partial charge >= 0.3 is 0 Å². The minimum atomic E-state index is -1.13. The number of amides is 2. The van der Waals surface area contributed by atoms with E-state index in [4.69, 9.17) is 0 Å². The quantitative estimate of drug-likeness (QED) is 0.345. The molecule has 1 aliphatic carbocycles. The summed E-state index contributed by atoms with van der Waals surface area (Å²) < 4.78 is 0. The average molecular weight is 454 g/mol. The van der Waals surface area contributed by atoms with Crippen LogP contribution in [0.4, 0.5) is 5.69 Å². The van der Waals surface area contributed by atoms with Crippen molar-refractivity contribution >= 4 is 23.1 Å². The van der Waals surface area contributed by atoms with Gasteiger partial charge in [0.15, 0.2) is 0 Å². The molecule has 3 heteroatoms. The smallest absolute Gasteiger partial charge is 0.258 e. The molecule has 0 saturated carbocycles. The van der Waals surface area contributed by atoms with Gasteiger partial charge in [0.2, 0.25) is 0 Å². The maximum absolute atomic E-state index is 14.6. The molecule has 0 bridgehead atoms. The van der Waals surface area contributed by atoms with Crippen molar-refractivity contribution in [3.8, 4) is 0 Å². The molecule has 2 amide bonds. The van der Waals surface area contributed by atoms with Gasteiger partial charge in [-0.05, 0) is 58.5 Å². The summed E-state index contributed by atoms with van der Waals surface area (Å²) in [5.74, 6) is -0.589. The van der Waals surface area contributed by atoms with E-state index in [1.807, 2.05) is 104 Å². The second kappa shape index (κ2) is 8.07. The first-order valence-electron chi connectivity index (χ1n) is 11.7. The second-order valence-corrected chi connectivity index (χ2v) is 9.00. The van der Waals surface area contributed by atoms with E-state index in [0.29, 0.717) is 11.3 Å². The zero-order valence-electron chi connectivity index (χ0n) is 19.3. The molecule has 1 aliphatic heterocycles.